The molecule has 2 amide bonds. The molecule has 0 aliphatic carbocycles. The second kappa shape index (κ2) is 9.34. The molecule has 0 bridgehead atoms. The highest BCUT2D eigenvalue weighted by Crippen LogP contribution is 2.28. The summed E-state index contributed by atoms with van der Waals surface area (Å²) in [6.45, 7) is 5.32. The van der Waals surface area contributed by atoms with E-state index in [1.807, 2.05) is 43.3 Å². The molecule has 8 heteroatoms. The quantitative estimate of drug-likeness (QED) is 0.209. The number of fused-ring (bicyclic) bond motifs is 1. The molecule has 8 nitrogen and oxygen atoms in total. The van der Waals surface area contributed by atoms with E-state index in [-0.39, 0.29) is 19.1 Å². The third-order valence-electron chi connectivity index (χ3n) is 4.71. The number of ether oxygens (including phenoxy) is 1. The van der Waals surface area contributed by atoms with Gasteiger partial charge in [0.25, 0.3) is 11.8 Å². The number of esters is 1. The smallest absolute Gasteiger partial charge is 0.333 e. The minimum atomic E-state index is -0.492. The van der Waals surface area contributed by atoms with E-state index in [0.717, 1.165) is 10.6 Å². The molecule has 0 unspecified atom stereocenters. The van der Waals surface area contributed by atoms with Crippen LogP contribution in [0, 0.1) is 0 Å². The molecule has 31 heavy (non-hydrogen) atoms. The number of nitrogens with zero attached hydrogens (tertiary/aromatic N) is 4. The van der Waals surface area contributed by atoms with Gasteiger partial charge in [0.1, 0.15) is 0 Å². The fraction of sp³-hybridized carbons (Fsp3) is 0.261. The summed E-state index contributed by atoms with van der Waals surface area (Å²) in [5, 5.41) is 8.39. The van der Waals surface area contributed by atoms with Crippen molar-refractivity contribution in [3.8, 4) is 0 Å². The zero-order valence-electron chi connectivity index (χ0n) is 17.8. The summed E-state index contributed by atoms with van der Waals surface area (Å²) >= 11 is 0. The fourth-order valence-electron chi connectivity index (χ4n) is 2.99. The number of rotatable bonds is 8. The van der Waals surface area contributed by atoms with Gasteiger partial charge in [0.15, 0.2) is 0 Å². The Kier molecular flexibility index (Phi) is 6.59. The van der Waals surface area contributed by atoms with Gasteiger partial charge in [-0.1, -0.05) is 6.58 Å². The van der Waals surface area contributed by atoms with Crippen molar-refractivity contribution in [2.24, 2.45) is 10.2 Å². The molecule has 0 spiro atoms. The van der Waals surface area contributed by atoms with Crippen LogP contribution in [-0.4, -0.2) is 49.9 Å². The molecule has 0 radical (unpaired) electrons. The number of carbonyl (C=O) groups is 3. The molecule has 0 atom stereocenters. The van der Waals surface area contributed by atoms with Crippen LogP contribution in [-0.2, 0) is 9.53 Å². The number of hydrogen-bond acceptors (Lipinski definition) is 7. The van der Waals surface area contributed by atoms with Crippen molar-refractivity contribution in [3.05, 3.63) is 65.7 Å². The van der Waals surface area contributed by atoms with Gasteiger partial charge >= 0.3 is 5.97 Å². The van der Waals surface area contributed by atoms with Crippen molar-refractivity contribution in [2.45, 2.75) is 13.3 Å². The molecule has 0 fully saturated rings. The summed E-state index contributed by atoms with van der Waals surface area (Å²) in [7, 11) is 3.91. The molecule has 3 rings (SSSR count). The van der Waals surface area contributed by atoms with E-state index in [0.29, 0.717) is 34.5 Å². The SMILES string of the molecule is C=C(C)C(=O)OCCCN1C(=O)c2ccc(N=Nc3ccc(N(C)C)cc3)cc2C1=O. The highest BCUT2D eigenvalue weighted by molar-refractivity contribution is 6.21. The lowest BCUT2D eigenvalue weighted by Crippen LogP contribution is -2.31. The molecule has 0 N–H and O–H groups in total. The average Bonchev–Trinajstić information content (AvgIpc) is 2.99. The number of amides is 2. The standard InChI is InChI=1S/C23H24N4O4/c1-15(2)23(30)31-13-5-12-27-21(28)19-11-8-17(14-20(19)22(27)29)25-24-16-6-9-18(10-7-16)26(3)4/h6-11,14H,1,5,12-13H2,2-4H3. The van der Waals surface area contributed by atoms with Crippen LogP contribution >= 0.6 is 0 Å². The van der Waals surface area contributed by atoms with Gasteiger partial charge in [-0.25, -0.2) is 4.79 Å². The Hall–Kier alpha value is -3.81. The van der Waals surface area contributed by atoms with Crippen LogP contribution < -0.4 is 4.90 Å². The molecule has 1 aliphatic rings. The van der Waals surface area contributed by atoms with Crippen LogP contribution in [0.1, 0.15) is 34.1 Å². The van der Waals surface area contributed by atoms with Crippen LogP contribution in [0.5, 0.6) is 0 Å². The Bertz CT molecular complexity index is 1060. The number of carbonyl (C=O) groups excluding carboxylic acids is 3. The summed E-state index contributed by atoms with van der Waals surface area (Å²) in [5.74, 6) is -1.25. The lowest BCUT2D eigenvalue weighted by atomic mass is 10.1. The minimum Gasteiger partial charge on any atom is -0.462 e. The number of hydrogen-bond donors (Lipinski definition) is 0. The van der Waals surface area contributed by atoms with E-state index in [4.69, 9.17) is 4.74 Å². The molecule has 160 valence electrons. The predicted octanol–water partition coefficient (Wildman–Crippen LogP) is 4.27. The Morgan fingerprint density at radius 3 is 2.26 bits per heavy atom. The first kappa shape index (κ1) is 21.9. The molecule has 0 saturated carbocycles. The fourth-order valence-corrected chi connectivity index (χ4v) is 2.99. The van der Waals surface area contributed by atoms with Gasteiger partial charge in [0, 0.05) is 31.9 Å². The van der Waals surface area contributed by atoms with Crippen LogP contribution in [0.25, 0.3) is 0 Å². The van der Waals surface area contributed by atoms with Gasteiger partial charge in [0.05, 0.1) is 29.1 Å². The first-order valence-electron chi connectivity index (χ1n) is 9.80. The van der Waals surface area contributed by atoms with Crippen LogP contribution in [0.15, 0.2) is 64.8 Å². The van der Waals surface area contributed by atoms with Crippen molar-refractivity contribution in [2.75, 3.05) is 32.1 Å². The predicted molar refractivity (Wildman–Crippen MR) is 117 cm³/mol. The minimum absolute atomic E-state index is 0.102. The summed E-state index contributed by atoms with van der Waals surface area (Å²) in [4.78, 5) is 39.8. The summed E-state index contributed by atoms with van der Waals surface area (Å²) in [6, 6.07) is 12.4. The lowest BCUT2D eigenvalue weighted by Gasteiger charge is -2.13. The van der Waals surface area contributed by atoms with Gasteiger partial charge in [0.2, 0.25) is 0 Å². The Labute approximate surface area is 180 Å². The van der Waals surface area contributed by atoms with E-state index >= 15 is 0 Å². The summed E-state index contributed by atoms with van der Waals surface area (Å²) < 4.78 is 5.01. The molecule has 0 aromatic heterocycles. The van der Waals surface area contributed by atoms with E-state index < -0.39 is 11.9 Å². The van der Waals surface area contributed by atoms with Crippen molar-refractivity contribution in [1.29, 1.82) is 0 Å². The monoisotopic (exact) mass is 420 g/mol. The first-order valence-corrected chi connectivity index (χ1v) is 9.80. The molecule has 1 heterocycles. The van der Waals surface area contributed by atoms with Gasteiger partial charge in [-0.05, 0) is 55.8 Å². The molecule has 1 aliphatic heterocycles. The third-order valence-corrected chi connectivity index (χ3v) is 4.71. The third kappa shape index (κ3) is 5.03. The van der Waals surface area contributed by atoms with Crippen LogP contribution in [0.2, 0.25) is 0 Å². The molecule has 0 saturated heterocycles. The average molecular weight is 420 g/mol. The largest absolute Gasteiger partial charge is 0.462 e. The lowest BCUT2D eigenvalue weighted by molar-refractivity contribution is -0.139. The Morgan fingerprint density at radius 1 is 1.00 bits per heavy atom. The van der Waals surface area contributed by atoms with E-state index in [2.05, 4.69) is 16.8 Å². The number of anilines is 1. The van der Waals surface area contributed by atoms with E-state index in [1.165, 1.54) is 0 Å². The highest BCUT2D eigenvalue weighted by atomic mass is 16.5. The first-order chi connectivity index (χ1) is 14.8. The van der Waals surface area contributed by atoms with E-state index in [9.17, 15) is 14.4 Å². The number of imide groups is 1. The second-order valence-corrected chi connectivity index (χ2v) is 7.37. The van der Waals surface area contributed by atoms with Crippen molar-refractivity contribution in [1.82, 2.24) is 4.90 Å². The normalized spacial score (nSPS) is 12.9. The van der Waals surface area contributed by atoms with Gasteiger partial charge in [-0.3, -0.25) is 14.5 Å². The van der Waals surface area contributed by atoms with E-state index in [1.54, 1.807) is 25.1 Å². The maximum atomic E-state index is 12.7. The van der Waals surface area contributed by atoms with Gasteiger partial charge in [-0.15, -0.1) is 0 Å². The summed E-state index contributed by atoms with van der Waals surface area (Å²) in [5.41, 5.74) is 3.14. The summed E-state index contributed by atoms with van der Waals surface area (Å²) in [6.07, 6.45) is 0.347. The van der Waals surface area contributed by atoms with Gasteiger partial charge < -0.3 is 9.64 Å². The molecule has 2 aromatic rings. The van der Waals surface area contributed by atoms with Crippen molar-refractivity contribution < 1.29 is 19.1 Å². The highest BCUT2D eigenvalue weighted by Gasteiger charge is 2.35. The Morgan fingerprint density at radius 2 is 1.61 bits per heavy atom. The van der Waals surface area contributed by atoms with Crippen LogP contribution in [0.3, 0.4) is 0 Å². The molecular weight excluding hydrogens is 396 g/mol. The zero-order valence-corrected chi connectivity index (χ0v) is 17.8. The molecular formula is C23H24N4O4. The topological polar surface area (TPSA) is 91.6 Å². The molecule has 2 aromatic carbocycles. The number of azo groups is 1. The van der Waals surface area contributed by atoms with Crippen molar-refractivity contribution >= 4 is 34.8 Å². The van der Waals surface area contributed by atoms with Gasteiger partial charge in [-0.2, -0.15) is 10.2 Å². The maximum Gasteiger partial charge on any atom is 0.333 e. The second-order valence-electron chi connectivity index (χ2n) is 7.37. The van der Waals surface area contributed by atoms with Crippen molar-refractivity contribution in [3.63, 3.8) is 0 Å². The zero-order chi connectivity index (χ0) is 22.5. The van der Waals surface area contributed by atoms with Crippen LogP contribution in [0.4, 0.5) is 17.1 Å². The Balaban J connectivity index is 1.65. The number of benzene rings is 2. The maximum absolute atomic E-state index is 12.7.